The monoisotopic (exact) mass is 400 g/mol. The van der Waals surface area contributed by atoms with Gasteiger partial charge in [0.25, 0.3) is 0 Å². The summed E-state index contributed by atoms with van der Waals surface area (Å²) in [6.45, 7) is 4.47. The Bertz CT molecular complexity index is 929. The van der Waals surface area contributed by atoms with Gasteiger partial charge in [-0.25, -0.2) is 8.42 Å². The molecule has 0 bridgehead atoms. The number of nitrogens with one attached hydrogen (secondary N) is 2. The van der Waals surface area contributed by atoms with Gasteiger partial charge >= 0.3 is 0 Å². The number of rotatable bonds is 9. The highest BCUT2D eigenvalue weighted by atomic mass is 32.2. The maximum atomic E-state index is 12.5. The first-order valence-corrected chi connectivity index (χ1v) is 10.4. The van der Waals surface area contributed by atoms with E-state index in [1.54, 1.807) is 50.2 Å². The zero-order chi connectivity index (χ0) is 20.6. The summed E-state index contributed by atoms with van der Waals surface area (Å²) in [4.78, 5) is 12.3. The lowest BCUT2D eigenvalue weighted by atomic mass is 10.1. The van der Waals surface area contributed by atoms with Gasteiger partial charge in [-0.2, -0.15) is 9.57 Å². The van der Waals surface area contributed by atoms with E-state index in [9.17, 15) is 13.2 Å². The van der Waals surface area contributed by atoms with Gasteiger partial charge in [-0.15, -0.1) is 0 Å². The molecule has 148 valence electrons. The fourth-order valence-electron chi connectivity index (χ4n) is 2.64. The van der Waals surface area contributed by atoms with Crippen molar-refractivity contribution in [3.8, 4) is 6.07 Å². The van der Waals surface area contributed by atoms with Crippen molar-refractivity contribution >= 4 is 27.3 Å². The third-order valence-electron chi connectivity index (χ3n) is 4.17. The van der Waals surface area contributed by atoms with Crippen molar-refractivity contribution in [3.63, 3.8) is 0 Å². The Morgan fingerprint density at radius 3 is 2.11 bits per heavy atom. The molecule has 0 fully saturated rings. The molecule has 2 aromatic rings. The maximum Gasteiger partial charge on any atom is 0.243 e. The molecule has 0 saturated heterocycles. The van der Waals surface area contributed by atoms with E-state index in [0.29, 0.717) is 30.9 Å². The SMILES string of the molecule is CCN(CC)S(=O)(=O)c1ccc(NCC(=O)Nc2ccc(CC#N)cc2)cc1. The van der Waals surface area contributed by atoms with E-state index in [1.807, 2.05) is 0 Å². The normalized spacial score (nSPS) is 11.1. The molecule has 7 nitrogen and oxygen atoms in total. The Morgan fingerprint density at radius 2 is 1.57 bits per heavy atom. The first kappa shape index (κ1) is 21.4. The summed E-state index contributed by atoms with van der Waals surface area (Å²) in [5, 5.41) is 14.4. The molecule has 0 unspecified atom stereocenters. The van der Waals surface area contributed by atoms with Crippen LogP contribution in [0.15, 0.2) is 53.4 Å². The topological polar surface area (TPSA) is 102 Å². The van der Waals surface area contributed by atoms with Gasteiger partial charge < -0.3 is 10.6 Å². The standard InChI is InChI=1S/C20H24N4O3S/c1-3-24(4-2)28(26,27)19-11-9-17(10-12-19)22-15-20(25)23-18-7-5-16(6-8-18)13-14-21/h5-12,22H,3-4,13,15H2,1-2H3,(H,23,25). The summed E-state index contributed by atoms with van der Waals surface area (Å²) >= 11 is 0. The van der Waals surface area contributed by atoms with Crippen molar-refractivity contribution < 1.29 is 13.2 Å². The lowest BCUT2D eigenvalue weighted by molar-refractivity contribution is -0.114. The predicted molar refractivity (Wildman–Crippen MR) is 109 cm³/mol. The van der Waals surface area contributed by atoms with Gasteiger partial charge in [-0.3, -0.25) is 4.79 Å². The number of benzene rings is 2. The lowest BCUT2D eigenvalue weighted by Gasteiger charge is -2.18. The van der Waals surface area contributed by atoms with Crippen molar-refractivity contribution in [2.24, 2.45) is 0 Å². The first-order valence-electron chi connectivity index (χ1n) is 9.00. The van der Waals surface area contributed by atoms with Crippen molar-refractivity contribution in [1.82, 2.24) is 4.31 Å². The van der Waals surface area contributed by atoms with E-state index in [2.05, 4.69) is 16.7 Å². The van der Waals surface area contributed by atoms with E-state index >= 15 is 0 Å². The Kier molecular flexibility index (Phi) is 7.55. The average molecular weight is 401 g/mol. The van der Waals surface area contributed by atoms with Crippen LogP contribution in [0.5, 0.6) is 0 Å². The smallest absolute Gasteiger partial charge is 0.243 e. The van der Waals surface area contributed by atoms with Crippen LogP contribution in [-0.2, 0) is 21.2 Å². The Labute approximate surface area is 166 Å². The second-order valence-electron chi connectivity index (χ2n) is 6.05. The van der Waals surface area contributed by atoms with Gasteiger partial charge in [0, 0.05) is 24.5 Å². The molecule has 8 heteroatoms. The molecule has 0 aromatic heterocycles. The molecule has 0 heterocycles. The highest BCUT2D eigenvalue weighted by Crippen LogP contribution is 2.18. The number of nitrogens with zero attached hydrogens (tertiary/aromatic N) is 2. The maximum absolute atomic E-state index is 12.5. The number of anilines is 2. The summed E-state index contributed by atoms with van der Waals surface area (Å²) < 4.78 is 26.3. The second-order valence-corrected chi connectivity index (χ2v) is 7.99. The molecule has 2 aromatic carbocycles. The van der Waals surface area contributed by atoms with Gasteiger partial charge in [-0.1, -0.05) is 26.0 Å². The van der Waals surface area contributed by atoms with Crippen LogP contribution in [0.3, 0.4) is 0 Å². The molecule has 0 radical (unpaired) electrons. The van der Waals surface area contributed by atoms with Crippen molar-refractivity contribution in [3.05, 3.63) is 54.1 Å². The van der Waals surface area contributed by atoms with Crippen LogP contribution < -0.4 is 10.6 Å². The van der Waals surface area contributed by atoms with Crippen LogP contribution in [0.1, 0.15) is 19.4 Å². The van der Waals surface area contributed by atoms with E-state index in [4.69, 9.17) is 5.26 Å². The highest BCUT2D eigenvalue weighted by Gasteiger charge is 2.21. The quantitative estimate of drug-likeness (QED) is 0.674. The Morgan fingerprint density at radius 1 is 1.00 bits per heavy atom. The summed E-state index contributed by atoms with van der Waals surface area (Å²) in [6, 6.07) is 15.5. The number of sulfonamides is 1. The number of hydrogen-bond donors (Lipinski definition) is 2. The van der Waals surface area contributed by atoms with Crippen LogP contribution in [0.25, 0.3) is 0 Å². The van der Waals surface area contributed by atoms with Gasteiger partial charge in [0.1, 0.15) is 0 Å². The molecule has 2 N–H and O–H groups in total. The molecular formula is C20H24N4O3S. The Balaban J connectivity index is 1.92. The number of amides is 1. The minimum absolute atomic E-state index is 0.0437. The second kappa shape index (κ2) is 9.88. The van der Waals surface area contributed by atoms with E-state index in [0.717, 1.165) is 5.56 Å². The van der Waals surface area contributed by atoms with Crippen molar-refractivity contribution in [2.45, 2.75) is 25.2 Å². The first-order chi connectivity index (χ1) is 13.4. The molecule has 1 amide bonds. The molecule has 0 aliphatic rings. The zero-order valence-corrected chi connectivity index (χ0v) is 16.8. The summed E-state index contributed by atoms with van der Waals surface area (Å²) in [6.07, 6.45) is 0.329. The lowest BCUT2D eigenvalue weighted by Crippen LogP contribution is -2.30. The number of nitriles is 1. The number of carbonyl (C=O) groups is 1. The molecule has 0 aliphatic carbocycles. The fourth-order valence-corrected chi connectivity index (χ4v) is 4.10. The summed E-state index contributed by atoms with van der Waals surface area (Å²) in [5.74, 6) is -0.229. The summed E-state index contributed by atoms with van der Waals surface area (Å²) in [7, 11) is -3.49. The Hall–Kier alpha value is -2.89. The summed E-state index contributed by atoms with van der Waals surface area (Å²) in [5.41, 5.74) is 2.19. The molecule has 0 spiro atoms. The molecule has 0 aliphatic heterocycles. The van der Waals surface area contributed by atoms with Gasteiger partial charge in [0.05, 0.1) is 23.9 Å². The molecule has 0 saturated carbocycles. The molecule has 0 atom stereocenters. The fraction of sp³-hybridized carbons (Fsp3) is 0.300. The molecule has 28 heavy (non-hydrogen) atoms. The third-order valence-corrected chi connectivity index (χ3v) is 6.24. The highest BCUT2D eigenvalue weighted by molar-refractivity contribution is 7.89. The predicted octanol–water partition coefficient (Wildman–Crippen LogP) is 2.83. The van der Waals surface area contributed by atoms with E-state index in [1.165, 1.54) is 16.4 Å². The van der Waals surface area contributed by atoms with Crippen LogP contribution in [0.4, 0.5) is 11.4 Å². The zero-order valence-electron chi connectivity index (χ0n) is 16.0. The molecular weight excluding hydrogens is 376 g/mol. The van der Waals surface area contributed by atoms with E-state index < -0.39 is 10.0 Å². The van der Waals surface area contributed by atoms with Gasteiger partial charge in [0.2, 0.25) is 15.9 Å². The number of hydrogen-bond acceptors (Lipinski definition) is 5. The largest absolute Gasteiger partial charge is 0.376 e. The minimum atomic E-state index is -3.49. The molecule has 2 rings (SSSR count). The van der Waals surface area contributed by atoms with Gasteiger partial charge in [-0.05, 0) is 42.0 Å². The van der Waals surface area contributed by atoms with E-state index in [-0.39, 0.29) is 17.3 Å². The van der Waals surface area contributed by atoms with Gasteiger partial charge in [0.15, 0.2) is 0 Å². The van der Waals surface area contributed by atoms with Crippen LogP contribution >= 0.6 is 0 Å². The average Bonchev–Trinajstić information content (AvgIpc) is 2.69. The van der Waals surface area contributed by atoms with Crippen LogP contribution in [-0.4, -0.2) is 38.3 Å². The minimum Gasteiger partial charge on any atom is -0.376 e. The van der Waals surface area contributed by atoms with Crippen molar-refractivity contribution in [2.75, 3.05) is 30.3 Å². The van der Waals surface area contributed by atoms with Crippen LogP contribution in [0.2, 0.25) is 0 Å². The van der Waals surface area contributed by atoms with Crippen molar-refractivity contribution in [1.29, 1.82) is 5.26 Å². The number of carbonyl (C=O) groups excluding carboxylic acids is 1. The van der Waals surface area contributed by atoms with Crippen LogP contribution in [0, 0.1) is 11.3 Å². The third kappa shape index (κ3) is 5.55.